The van der Waals surface area contributed by atoms with E-state index in [1.807, 2.05) is 41.7 Å². The van der Waals surface area contributed by atoms with Gasteiger partial charge in [0.25, 0.3) is 0 Å². The van der Waals surface area contributed by atoms with Crippen molar-refractivity contribution >= 4 is 54.1 Å². The molecule has 0 fully saturated rings. The molecule has 9 aromatic carbocycles. The van der Waals surface area contributed by atoms with E-state index in [0.717, 1.165) is 66.7 Å². The quantitative estimate of drug-likeness (QED) is 0.153. The zero-order valence-corrected chi connectivity index (χ0v) is 37.5. The van der Waals surface area contributed by atoms with E-state index in [2.05, 4.69) is 211 Å². The SMILES string of the molecule is c1ccc(-c2nc(-c3ccc(-c4ccc5nc(-c6ccccc6)c6c(-c7ccccc7)c(-c7ccccc7)sc6c5c4)cc3)nc(-c3cccc(-n4c5ccccc5c5ccccc54)c3)n2)cc1. The Kier molecular flexibility index (Phi) is 9.62. The molecule has 0 amide bonds. The lowest BCUT2D eigenvalue weighted by atomic mass is 9.94. The lowest BCUT2D eigenvalue weighted by Crippen LogP contribution is -2.01. The van der Waals surface area contributed by atoms with Crippen molar-refractivity contribution in [2.75, 3.05) is 0 Å². The fourth-order valence-electron chi connectivity index (χ4n) is 9.64. The van der Waals surface area contributed by atoms with Crippen LogP contribution in [0.3, 0.4) is 0 Å². The van der Waals surface area contributed by atoms with Gasteiger partial charge in [0, 0.05) is 64.6 Å². The Morgan fingerprint density at radius 2 is 0.809 bits per heavy atom. The molecule has 0 spiro atoms. The average molecular weight is 886 g/mol. The highest BCUT2D eigenvalue weighted by Gasteiger charge is 2.23. The number of hydrogen-bond donors (Lipinski definition) is 0. The normalized spacial score (nSPS) is 11.5. The number of pyridine rings is 1. The number of rotatable bonds is 8. The molecule has 13 rings (SSSR count). The molecule has 4 heterocycles. The third-order valence-electron chi connectivity index (χ3n) is 12.9. The molecule has 4 aromatic heterocycles. The van der Waals surface area contributed by atoms with E-state index in [0.29, 0.717) is 17.5 Å². The van der Waals surface area contributed by atoms with Crippen molar-refractivity contribution in [3.63, 3.8) is 0 Å². The van der Waals surface area contributed by atoms with E-state index in [1.165, 1.54) is 42.4 Å². The average Bonchev–Trinajstić information content (AvgIpc) is 3.99. The first-order chi connectivity index (χ1) is 33.7. The van der Waals surface area contributed by atoms with Crippen LogP contribution in [0.15, 0.2) is 237 Å². The number of benzene rings is 9. The summed E-state index contributed by atoms with van der Waals surface area (Å²) in [6.45, 7) is 0. The van der Waals surface area contributed by atoms with Crippen LogP contribution in [0, 0.1) is 0 Å². The second-order valence-corrected chi connectivity index (χ2v) is 18.0. The molecular weight excluding hydrogens is 847 g/mol. The molecule has 0 aliphatic carbocycles. The lowest BCUT2D eigenvalue weighted by molar-refractivity contribution is 1.07. The molecule has 68 heavy (non-hydrogen) atoms. The number of thiophene rings is 1. The number of hydrogen-bond acceptors (Lipinski definition) is 5. The number of aromatic nitrogens is 5. The summed E-state index contributed by atoms with van der Waals surface area (Å²) in [6, 6.07) is 83.2. The Labute approximate surface area is 397 Å². The summed E-state index contributed by atoms with van der Waals surface area (Å²) >= 11 is 1.85. The van der Waals surface area contributed by atoms with Crippen LogP contribution < -0.4 is 0 Å². The van der Waals surface area contributed by atoms with Crippen molar-refractivity contribution < 1.29 is 0 Å². The zero-order valence-electron chi connectivity index (χ0n) is 36.7. The summed E-state index contributed by atoms with van der Waals surface area (Å²) < 4.78 is 3.55. The lowest BCUT2D eigenvalue weighted by Gasteiger charge is -2.12. The molecule has 5 nitrogen and oxygen atoms in total. The summed E-state index contributed by atoms with van der Waals surface area (Å²) in [6.07, 6.45) is 0. The molecule has 6 heteroatoms. The van der Waals surface area contributed by atoms with E-state index in [1.54, 1.807) is 0 Å². The van der Waals surface area contributed by atoms with Crippen LogP contribution in [-0.2, 0) is 0 Å². The van der Waals surface area contributed by atoms with Crippen molar-refractivity contribution in [1.29, 1.82) is 0 Å². The van der Waals surface area contributed by atoms with Crippen molar-refractivity contribution in [3.8, 4) is 83.8 Å². The minimum Gasteiger partial charge on any atom is -0.309 e. The highest BCUT2D eigenvalue weighted by atomic mass is 32.1. The summed E-state index contributed by atoms with van der Waals surface area (Å²) in [5, 5.41) is 4.74. The van der Waals surface area contributed by atoms with Gasteiger partial charge in [-0.2, -0.15) is 0 Å². The van der Waals surface area contributed by atoms with Gasteiger partial charge in [0.1, 0.15) is 0 Å². The third kappa shape index (κ3) is 6.86. The highest BCUT2D eigenvalue weighted by molar-refractivity contribution is 7.24. The maximum atomic E-state index is 5.45. The minimum atomic E-state index is 0.612. The predicted molar refractivity (Wildman–Crippen MR) is 283 cm³/mol. The smallest absolute Gasteiger partial charge is 0.164 e. The number of para-hydroxylation sites is 2. The Morgan fingerprint density at radius 1 is 0.324 bits per heavy atom. The molecule has 0 radical (unpaired) electrons. The first-order valence-corrected chi connectivity index (χ1v) is 23.6. The highest BCUT2D eigenvalue weighted by Crippen LogP contribution is 2.50. The molecule has 0 bridgehead atoms. The number of nitrogens with zero attached hydrogens (tertiary/aromatic N) is 5. The van der Waals surface area contributed by atoms with Gasteiger partial charge in [-0.3, -0.25) is 0 Å². The first-order valence-electron chi connectivity index (χ1n) is 22.8. The second-order valence-electron chi connectivity index (χ2n) is 17.0. The van der Waals surface area contributed by atoms with E-state index in [4.69, 9.17) is 19.9 Å². The van der Waals surface area contributed by atoms with Crippen molar-refractivity contribution in [3.05, 3.63) is 237 Å². The van der Waals surface area contributed by atoms with E-state index >= 15 is 0 Å². The van der Waals surface area contributed by atoms with Crippen molar-refractivity contribution in [1.82, 2.24) is 24.5 Å². The summed E-state index contributed by atoms with van der Waals surface area (Å²) in [5.74, 6) is 1.85. The van der Waals surface area contributed by atoms with Gasteiger partial charge >= 0.3 is 0 Å². The summed E-state index contributed by atoms with van der Waals surface area (Å²) in [7, 11) is 0. The molecule has 0 atom stereocenters. The van der Waals surface area contributed by atoms with E-state index < -0.39 is 0 Å². The van der Waals surface area contributed by atoms with Crippen LogP contribution in [0.5, 0.6) is 0 Å². The zero-order chi connectivity index (χ0) is 45.0. The maximum Gasteiger partial charge on any atom is 0.164 e. The summed E-state index contributed by atoms with van der Waals surface area (Å²) in [4.78, 5) is 22.1. The van der Waals surface area contributed by atoms with Gasteiger partial charge in [0.05, 0.1) is 22.2 Å². The third-order valence-corrected chi connectivity index (χ3v) is 14.1. The fraction of sp³-hybridized carbons (Fsp3) is 0. The standard InChI is InChI=1S/C62H39N5S/c1-5-18-41(19-6-1)55-56-57(42-20-7-2-8-21-42)63-52-37-36-46(39-51(52)59(56)68-58(55)43-22-9-3-10-23-43)40-32-34-45(35-33-40)61-64-60(44-24-11-4-12-25-44)65-62(66-61)47-26-17-27-48(38-47)67-53-30-15-13-28-49(53)50-29-14-16-31-54(50)67/h1-39H. The molecular formula is C62H39N5S. The molecule has 0 aliphatic rings. The van der Waals surface area contributed by atoms with Crippen LogP contribution in [0.2, 0.25) is 0 Å². The van der Waals surface area contributed by atoms with Crippen LogP contribution in [0.1, 0.15) is 0 Å². The van der Waals surface area contributed by atoms with Crippen molar-refractivity contribution in [2.24, 2.45) is 0 Å². The van der Waals surface area contributed by atoms with Crippen LogP contribution >= 0.6 is 11.3 Å². The van der Waals surface area contributed by atoms with Crippen LogP contribution in [0.4, 0.5) is 0 Å². The molecule has 0 N–H and O–H groups in total. The van der Waals surface area contributed by atoms with Crippen molar-refractivity contribution in [2.45, 2.75) is 0 Å². The molecule has 318 valence electrons. The number of fused-ring (bicyclic) bond motifs is 6. The van der Waals surface area contributed by atoms with Gasteiger partial charge in [0.2, 0.25) is 0 Å². The van der Waals surface area contributed by atoms with E-state index in [9.17, 15) is 0 Å². The Balaban J connectivity index is 0.930. The van der Waals surface area contributed by atoms with E-state index in [-0.39, 0.29) is 0 Å². The topological polar surface area (TPSA) is 56.5 Å². The molecule has 0 saturated heterocycles. The Hall–Kier alpha value is -8.84. The molecule has 13 aromatic rings. The monoisotopic (exact) mass is 885 g/mol. The van der Waals surface area contributed by atoms with Crippen LogP contribution in [0.25, 0.3) is 127 Å². The Morgan fingerprint density at radius 3 is 1.44 bits per heavy atom. The van der Waals surface area contributed by atoms with Gasteiger partial charge in [-0.05, 0) is 58.7 Å². The first kappa shape index (κ1) is 39.5. The van der Waals surface area contributed by atoms with Gasteiger partial charge in [-0.1, -0.05) is 200 Å². The Bertz CT molecular complexity index is 3940. The van der Waals surface area contributed by atoms with Crippen LogP contribution in [-0.4, -0.2) is 24.5 Å². The molecule has 0 aliphatic heterocycles. The second kappa shape index (κ2) is 16.5. The van der Waals surface area contributed by atoms with Gasteiger partial charge < -0.3 is 4.57 Å². The van der Waals surface area contributed by atoms with Gasteiger partial charge in [-0.15, -0.1) is 11.3 Å². The van der Waals surface area contributed by atoms with Gasteiger partial charge in [0.15, 0.2) is 17.5 Å². The fourth-order valence-corrected chi connectivity index (χ4v) is 11.0. The molecule has 0 unspecified atom stereocenters. The largest absolute Gasteiger partial charge is 0.309 e. The molecule has 0 saturated carbocycles. The minimum absolute atomic E-state index is 0.612. The van der Waals surface area contributed by atoms with Gasteiger partial charge in [-0.25, -0.2) is 19.9 Å². The predicted octanol–water partition coefficient (Wildman–Crippen LogP) is 16.4. The maximum absolute atomic E-state index is 5.45. The summed E-state index contributed by atoms with van der Waals surface area (Å²) in [5.41, 5.74) is 14.9.